The van der Waals surface area contributed by atoms with Crippen LogP contribution in [0.5, 0.6) is 5.75 Å². The van der Waals surface area contributed by atoms with Crippen LogP contribution in [0.15, 0.2) is 48.8 Å². The van der Waals surface area contributed by atoms with Crippen LogP contribution in [0.2, 0.25) is 0 Å². The van der Waals surface area contributed by atoms with Crippen LogP contribution in [0.25, 0.3) is 33.8 Å². The molecule has 0 atom stereocenters. The number of hydrogen-bond acceptors (Lipinski definition) is 8. The summed E-state index contributed by atoms with van der Waals surface area (Å²) in [6.45, 7) is 6.31. The zero-order chi connectivity index (χ0) is 26.1. The molecule has 2 aliphatic heterocycles. The van der Waals surface area contributed by atoms with E-state index in [0.29, 0.717) is 41.4 Å². The van der Waals surface area contributed by atoms with Crippen LogP contribution in [-0.4, -0.2) is 76.2 Å². The summed E-state index contributed by atoms with van der Waals surface area (Å²) in [4.78, 5) is 32.9. The molecule has 2 saturated heterocycles. The summed E-state index contributed by atoms with van der Waals surface area (Å²) in [6, 6.07) is 14.1. The second-order valence-corrected chi connectivity index (χ2v) is 9.73. The Balaban J connectivity index is 1.21. The topological polar surface area (TPSA) is 122 Å². The van der Waals surface area contributed by atoms with Crippen molar-refractivity contribution in [3.05, 3.63) is 48.8 Å². The van der Waals surface area contributed by atoms with Crippen molar-refractivity contribution >= 4 is 28.4 Å². The number of benzene rings is 2. The summed E-state index contributed by atoms with van der Waals surface area (Å²) < 4.78 is 11.6. The average molecular weight is 514 g/mol. The fourth-order valence-electron chi connectivity index (χ4n) is 5.10. The molecular formula is C28H31N7O3. The van der Waals surface area contributed by atoms with Crippen molar-refractivity contribution in [2.75, 3.05) is 50.0 Å². The molecule has 0 bridgehead atoms. The summed E-state index contributed by atoms with van der Waals surface area (Å²) in [7, 11) is 0. The monoisotopic (exact) mass is 513 g/mol. The van der Waals surface area contributed by atoms with Gasteiger partial charge in [0.25, 0.3) is 0 Å². The predicted molar refractivity (Wildman–Crippen MR) is 146 cm³/mol. The van der Waals surface area contributed by atoms with Crippen molar-refractivity contribution in [3.63, 3.8) is 0 Å². The molecule has 0 aliphatic carbocycles. The highest BCUT2D eigenvalue weighted by Crippen LogP contribution is 2.33. The van der Waals surface area contributed by atoms with Crippen molar-refractivity contribution in [2.24, 2.45) is 0 Å². The van der Waals surface area contributed by atoms with E-state index < -0.39 is 0 Å². The zero-order valence-corrected chi connectivity index (χ0v) is 21.4. The number of morpholine rings is 1. The molecule has 3 N–H and O–H groups in total. The second kappa shape index (κ2) is 10.3. The number of H-pyrrole nitrogens is 1. The average Bonchev–Trinajstić information content (AvgIpc) is 3.40. The number of fused-ring (bicyclic) bond motifs is 1. The van der Waals surface area contributed by atoms with E-state index in [1.54, 1.807) is 6.92 Å². The molecule has 4 heterocycles. The minimum atomic E-state index is 0.0352. The lowest BCUT2D eigenvalue weighted by Crippen LogP contribution is -2.40. The minimum Gasteiger partial charge on any atom is -0.488 e. The van der Waals surface area contributed by atoms with Crippen molar-refractivity contribution < 1.29 is 14.3 Å². The van der Waals surface area contributed by atoms with E-state index in [-0.39, 0.29) is 12.0 Å². The molecule has 0 spiro atoms. The third kappa shape index (κ3) is 4.87. The second-order valence-electron chi connectivity index (χ2n) is 9.73. The van der Waals surface area contributed by atoms with Gasteiger partial charge in [-0.3, -0.25) is 4.79 Å². The fourth-order valence-corrected chi connectivity index (χ4v) is 5.10. The maximum Gasteiger partial charge on any atom is 0.219 e. The third-order valence-electron chi connectivity index (χ3n) is 7.26. The number of aromatic nitrogens is 4. The highest BCUT2D eigenvalue weighted by Gasteiger charge is 2.23. The van der Waals surface area contributed by atoms with Gasteiger partial charge in [0.1, 0.15) is 35.2 Å². The first-order chi connectivity index (χ1) is 18.5. The first-order valence-electron chi connectivity index (χ1n) is 13.0. The van der Waals surface area contributed by atoms with E-state index in [1.807, 2.05) is 23.1 Å². The fraction of sp³-hybridized carbons (Fsp3) is 0.357. The van der Waals surface area contributed by atoms with Gasteiger partial charge in [0.05, 0.1) is 18.9 Å². The summed E-state index contributed by atoms with van der Waals surface area (Å²) in [5.41, 5.74) is 12.0. The number of imidazole rings is 1. The number of nitrogens with zero attached hydrogens (tertiary/aromatic N) is 5. The molecule has 1 amide bonds. The number of hydrogen-bond donors (Lipinski definition) is 2. The number of carbonyl (C=O) groups is 1. The number of anilines is 2. The smallest absolute Gasteiger partial charge is 0.219 e. The Morgan fingerprint density at radius 3 is 2.47 bits per heavy atom. The van der Waals surface area contributed by atoms with Crippen LogP contribution in [0, 0.1) is 0 Å². The van der Waals surface area contributed by atoms with Crippen molar-refractivity contribution in [3.8, 4) is 28.4 Å². The highest BCUT2D eigenvalue weighted by molar-refractivity contribution is 5.90. The molecule has 2 fully saturated rings. The van der Waals surface area contributed by atoms with Crippen LogP contribution in [0.1, 0.15) is 19.8 Å². The Bertz CT molecular complexity index is 1440. The molecule has 2 aromatic heterocycles. The van der Waals surface area contributed by atoms with Crippen LogP contribution in [-0.2, 0) is 9.53 Å². The Morgan fingerprint density at radius 1 is 1.03 bits per heavy atom. The van der Waals surface area contributed by atoms with Crippen LogP contribution >= 0.6 is 0 Å². The van der Waals surface area contributed by atoms with Crippen LogP contribution < -0.4 is 15.4 Å². The quantitative estimate of drug-likeness (QED) is 0.389. The maximum atomic E-state index is 11.6. The van der Waals surface area contributed by atoms with Crippen LogP contribution in [0.4, 0.5) is 11.4 Å². The van der Waals surface area contributed by atoms with Gasteiger partial charge in [0.15, 0.2) is 5.65 Å². The van der Waals surface area contributed by atoms with Gasteiger partial charge in [-0.2, -0.15) is 0 Å². The lowest BCUT2D eigenvalue weighted by atomic mass is 10.1. The molecule has 0 saturated carbocycles. The molecule has 196 valence electrons. The maximum absolute atomic E-state index is 11.6. The lowest BCUT2D eigenvalue weighted by Gasteiger charge is -2.31. The molecule has 10 nitrogen and oxygen atoms in total. The molecule has 2 aromatic carbocycles. The summed E-state index contributed by atoms with van der Waals surface area (Å²) in [5, 5.41) is 0. The number of carbonyl (C=O) groups excluding carboxylic acids is 1. The highest BCUT2D eigenvalue weighted by atomic mass is 16.5. The standard InChI is InChI=1S/C28H31N7O3/c1-18(36)34-10-8-22(9-11-34)38-24-7-4-20(16-23(24)29)25-26-28(31-17-30-25)33-27(32-26)19-2-5-21(6-3-19)35-12-14-37-15-13-35/h2-7,16-17,22H,8-15,29H2,1H3,(H,30,31,32,33). The van der Waals surface area contributed by atoms with E-state index >= 15 is 0 Å². The SMILES string of the molecule is CC(=O)N1CCC(Oc2ccc(-c3ncnc4[nH]c(-c5ccc(N6CCOCC6)cc5)nc34)cc2N)CC1. The first kappa shape index (κ1) is 24.2. The van der Waals surface area contributed by atoms with E-state index in [1.165, 1.54) is 12.0 Å². The first-order valence-corrected chi connectivity index (χ1v) is 13.0. The number of aromatic amines is 1. The zero-order valence-electron chi connectivity index (χ0n) is 21.4. The summed E-state index contributed by atoms with van der Waals surface area (Å²) >= 11 is 0. The van der Waals surface area contributed by atoms with Crippen molar-refractivity contribution in [1.82, 2.24) is 24.8 Å². The van der Waals surface area contributed by atoms with E-state index in [4.69, 9.17) is 20.2 Å². The molecule has 0 unspecified atom stereocenters. The summed E-state index contributed by atoms with van der Waals surface area (Å²) in [5.74, 6) is 1.48. The lowest BCUT2D eigenvalue weighted by molar-refractivity contribution is -0.130. The normalized spacial score (nSPS) is 16.7. The number of ether oxygens (including phenoxy) is 2. The predicted octanol–water partition coefficient (Wildman–Crippen LogP) is 3.50. The van der Waals surface area contributed by atoms with Gasteiger partial charge >= 0.3 is 0 Å². The number of piperidine rings is 1. The number of nitrogens with two attached hydrogens (primary N) is 1. The van der Waals surface area contributed by atoms with Gasteiger partial charge in [-0.05, 0) is 42.5 Å². The number of amides is 1. The van der Waals surface area contributed by atoms with Gasteiger partial charge in [0.2, 0.25) is 5.91 Å². The molecule has 10 heteroatoms. The largest absolute Gasteiger partial charge is 0.488 e. The van der Waals surface area contributed by atoms with Gasteiger partial charge < -0.3 is 30.0 Å². The van der Waals surface area contributed by atoms with Gasteiger partial charge in [-0.25, -0.2) is 15.0 Å². The van der Waals surface area contributed by atoms with Gasteiger partial charge in [0, 0.05) is 62.8 Å². The molecule has 2 aliphatic rings. The Labute approximate surface area is 220 Å². The molecule has 0 radical (unpaired) electrons. The van der Waals surface area contributed by atoms with Crippen molar-refractivity contribution in [2.45, 2.75) is 25.9 Å². The van der Waals surface area contributed by atoms with Crippen molar-refractivity contribution in [1.29, 1.82) is 0 Å². The summed E-state index contributed by atoms with van der Waals surface area (Å²) in [6.07, 6.45) is 3.14. The number of nitrogens with one attached hydrogen (secondary N) is 1. The number of nitrogen functional groups attached to an aromatic ring is 1. The molecule has 38 heavy (non-hydrogen) atoms. The molecular weight excluding hydrogens is 482 g/mol. The Hall–Kier alpha value is -4.18. The van der Waals surface area contributed by atoms with Crippen LogP contribution in [0.3, 0.4) is 0 Å². The minimum absolute atomic E-state index is 0.0352. The third-order valence-corrected chi connectivity index (χ3v) is 7.26. The number of likely N-dealkylation sites (tertiary alicyclic amines) is 1. The number of rotatable bonds is 5. The van der Waals surface area contributed by atoms with E-state index in [0.717, 1.165) is 56.1 Å². The Kier molecular flexibility index (Phi) is 6.55. The van der Waals surface area contributed by atoms with Gasteiger partial charge in [-0.1, -0.05) is 0 Å². The van der Waals surface area contributed by atoms with E-state index in [9.17, 15) is 4.79 Å². The molecule has 4 aromatic rings. The van der Waals surface area contributed by atoms with E-state index in [2.05, 4.69) is 44.1 Å². The van der Waals surface area contributed by atoms with Gasteiger partial charge in [-0.15, -0.1) is 0 Å². The Morgan fingerprint density at radius 2 is 1.76 bits per heavy atom. The molecule has 6 rings (SSSR count).